The third kappa shape index (κ3) is 6.81. The molecule has 0 aliphatic rings. The normalized spacial score (nSPS) is 10.3. The van der Waals surface area contributed by atoms with E-state index in [4.69, 9.17) is 10.3 Å². The molecule has 0 atom stereocenters. The predicted octanol–water partition coefficient (Wildman–Crippen LogP) is 5.74. The highest BCUT2D eigenvalue weighted by molar-refractivity contribution is 9.10. The van der Waals surface area contributed by atoms with E-state index < -0.39 is 0 Å². The lowest BCUT2D eigenvalue weighted by atomic mass is 10.1. The molecular weight excluding hydrogens is 420 g/mol. The monoisotopic (exact) mass is 446 g/mol. The van der Waals surface area contributed by atoms with Crippen LogP contribution in [-0.2, 0) is 0 Å². The maximum absolute atomic E-state index is 10.7. The van der Waals surface area contributed by atoms with Crippen LogP contribution in [0.25, 0.3) is 11.5 Å². The molecule has 6 nitrogen and oxygen atoms in total. The zero-order chi connectivity index (χ0) is 20.0. The maximum atomic E-state index is 10.7. The molecule has 0 aliphatic heterocycles. The molecule has 0 unspecified atom stereocenters. The number of nitrogens with two attached hydrogens (primary N) is 1. The first-order valence-electron chi connectivity index (χ1n) is 8.37. The highest BCUT2D eigenvalue weighted by Crippen LogP contribution is 2.25. The lowest BCUT2D eigenvalue weighted by molar-refractivity contribution is 0.112. The van der Waals surface area contributed by atoms with Crippen molar-refractivity contribution in [2.75, 3.05) is 11.1 Å². The summed E-state index contributed by atoms with van der Waals surface area (Å²) in [4.78, 5) is 14.8. The van der Waals surface area contributed by atoms with Gasteiger partial charge in [0.2, 0.25) is 0 Å². The fraction of sp³-hybridized carbons (Fsp3) is 0.286. The van der Waals surface area contributed by atoms with E-state index in [9.17, 15) is 4.79 Å². The van der Waals surface area contributed by atoms with E-state index in [0.29, 0.717) is 22.8 Å². The van der Waals surface area contributed by atoms with Gasteiger partial charge >= 0.3 is 0 Å². The number of hydrogen-bond donors (Lipinski definition) is 2. The zero-order valence-electron chi connectivity index (χ0n) is 15.8. The Balaban J connectivity index is 0.000000271. The van der Waals surface area contributed by atoms with Crippen LogP contribution in [-0.4, -0.2) is 22.0 Å². The van der Waals surface area contributed by atoms with E-state index >= 15 is 0 Å². The molecule has 7 heteroatoms. The molecule has 1 aromatic heterocycles. The molecule has 28 heavy (non-hydrogen) atoms. The Bertz CT molecular complexity index is 917. The molecule has 3 aromatic rings. The Kier molecular flexibility index (Phi) is 8.37. The Morgan fingerprint density at radius 3 is 2.39 bits per heavy atom. The molecule has 0 fully saturated rings. The van der Waals surface area contributed by atoms with Crippen molar-refractivity contribution in [3.05, 3.63) is 58.3 Å². The number of nitrogen functional groups attached to an aromatic ring is 1. The highest BCUT2D eigenvalue weighted by Gasteiger charge is 2.11. The van der Waals surface area contributed by atoms with Crippen molar-refractivity contribution in [2.45, 2.75) is 40.7 Å². The van der Waals surface area contributed by atoms with Crippen LogP contribution in [0.5, 0.6) is 0 Å². The largest absolute Gasteiger partial charge is 0.397 e. The van der Waals surface area contributed by atoms with E-state index in [1.165, 1.54) is 0 Å². The summed E-state index contributed by atoms with van der Waals surface area (Å²) in [6.45, 7) is 8.05. The zero-order valence-corrected chi connectivity index (χ0v) is 17.4. The summed E-state index contributed by atoms with van der Waals surface area (Å²) in [5, 5.41) is 7.00. The number of nitrogens with one attached hydrogen (secondary N) is 1. The van der Waals surface area contributed by atoms with Crippen LogP contribution in [0.4, 0.5) is 11.4 Å². The third-order valence-electron chi connectivity index (χ3n) is 3.37. The molecule has 0 radical (unpaired) electrons. The van der Waals surface area contributed by atoms with Gasteiger partial charge in [0.1, 0.15) is 0 Å². The number of halogens is 1. The Hall–Kier alpha value is -2.67. The van der Waals surface area contributed by atoms with Gasteiger partial charge in [0.25, 0.3) is 5.89 Å². The topological polar surface area (TPSA) is 94.0 Å². The molecule has 150 valence electrons. The first-order chi connectivity index (χ1) is 12.7. The van der Waals surface area contributed by atoms with Gasteiger partial charge in [-0.2, -0.15) is 4.98 Å². The van der Waals surface area contributed by atoms with Gasteiger partial charge < -0.3 is 15.6 Å². The summed E-state index contributed by atoms with van der Waals surface area (Å²) in [7, 11) is 0. The quantitative estimate of drug-likeness (QED) is 0.393. The lowest BCUT2D eigenvalue weighted by Gasteiger charge is -2.23. The molecule has 0 bridgehead atoms. The van der Waals surface area contributed by atoms with Gasteiger partial charge in [-0.05, 0) is 52.0 Å². The number of benzene rings is 2. The number of aldehydes is 1. The first kappa shape index (κ1) is 23.4. The molecule has 0 saturated heterocycles. The number of nitrogens with zero attached hydrogens (tertiary/aromatic N) is 2. The second-order valence-corrected chi connectivity index (χ2v) is 7.87. The standard InChI is InChI=1S/C10H15BrN2.C10H8N2O2.CH4/c1-10(2,3)13-9-5-4-7(11)6-8(9)12;1-7-11-10(14-12-7)9-5-3-2-4-8(9)6-13;/h4-6,13H,12H2,1-3H3;2-6H,1H3;1H4. The van der Waals surface area contributed by atoms with Gasteiger partial charge in [-0.1, -0.05) is 46.7 Å². The van der Waals surface area contributed by atoms with Crippen molar-refractivity contribution in [3.63, 3.8) is 0 Å². The highest BCUT2D eigenvalue weighted by atomic mass is 79.9. The number of carbonyl (C=O) groups excluding carboxylic acids is 1. The molecule has 3 rings (SSSR count). The van der Waals surface area contributed by atoms with E-state index in [1.807, 2.05) is 24.3 Å². The minimum absolute atomic E-state index is 0. The number of hydrogen-bond acceptors (Lipinski definition) is 6. The Morgan fingerprint density at radius 1 is 1.18 bits per heavy atom. The van der Waals surface area contributed by atoms with Gasteiger partial charge in [0.15, 0.2) is 12.1 Å². The molecule has 2 aromatic carbocycles. The van der Waals surface area contributed by atoms with Gasteiger partial charge in [-0.15, -0.1) is 0 Å². The number of aryl methyl sites for hydroxylation is 1. The maximum Gasteiger partial charge on any atom is 0.258 e. The van der Waals surface area contributed by atoms with Crippen LogP contribution in [0.1, 0.15) is 44.4 Å². The fourth-order valence-electron chi connectivity index (χ4n) is 2.25. The van der Waals surface area contributed by atoms with Crippen molar-refractivity contribution in [1.82, 2.24) is 10.1 Å². The number of anilines is 2. The van der Waals surface area contributed by atoms with Crippen molar-refractivity contribution in [3.8, 4) is 11.5 Å². The molecular formula is C21H27BrN4O2. The summed E-state index contributed by atoms with van der Waals surface area (Å²) in [5.41, 5.74) is 8.85. The van der Waals surface area contributed by atoms with Crippen LogP contribution in [0, 0.1) is 6.92 Å². The fourth-order valence-corrected chi connectivity index (χ4v) is 2.63. The van der Waals surface area contributed by atoms with Crippen LogP contribution in [0.2, 0.25) is 0 Å². The second kappa shape index (κ2) is 10.0. The van der Waals surface area contributed by atoms with Gasteiger partial charge in [-0.3, -0.25) is 4.79 Å². The van der Waals surface area contributed by atoms with Crippen molar-refractivity contribution in [2.24, 2.45) is 0 Å². The molecule has 1 heterocycles. The summed E-state index contributed by atoms with van der Waals surface area (Å²) in [6.07, 6.45) is 0.773. The Morgan fingerprint density at radius 2 is 1.86 bits per heavy atom. The van der Waals surface area contributed by atoms with Crippen LogP contribution < -0.4 is 11.1 Å². The van der Waals surface area contributed by atoms with E-state index in [0.717, 1.165) is 22.1 Å². The summed E-state index contributed by atoms with van der Waals surface area (Å²) >= 11 is 3.37. The average Bonchev–Trinajstić information content (AvgIpc) is 3.03. The summed E-state index contributed by atoms with van der Waals surface area (Å²) in [6, 6.07) is 12.9. The summed E-state index contributed by atoms with van der Waals surface area (Å²) < 4.78 is 5.98. The molecule has 0 amide bonds. The SMILES string of the molecule is C.CC(C)(C)Nc1ccc(Br)cc1N.Cc1noc(-c2ccccc2C=O)n1. The van der Waals surface area contributed by atoms with Gasteiger partial charge in [-0.25, -0.2) is 0 Å². The molecule has 0 spiro atoms. The summed E-state index contributed by atoms with van der Waals surface area (Å²) in [5.74, 6) is 0.936. The lowest BCUT2D eigenvalue weighted by Crippen LogP contribution is -2.26. The number of carbonyl (C=O) groups is 1. The molecule has 3 N–H and O–H groups in total. The van der Waals surface area contributed by atoms with Crippen molar-refractivity contribution in [1.29, 1.82) is 0 Å². The number of aromatic nitrogens is 2. The first-order valence-corrected chi connectivity index (χ1v) is 9.17. The Labute approximate surface area is 174 Å². The number of rotatable bonds is 3. The van der Waals surface area contributed by atoms with Crippen LogP contribution >= 0.6 is 15.9 Å². The van der Waals surface area contributed by atoms with Crippen molar-refractivity contribution >= 4 is 33.6 Å². The van der Waals surface area contributed by atoms with Crippen molar-refractivity contribution < 1.29 is 9.32 Å². The van der Waals surface area contributed by atoms with E-state index in [-0.39, 0.29) is 13.0 Å². The van der Waals surface area contributed by atoms with E-state index in [1.54, 1.807) is 25.1 Å². The van der Waals surface area contributed by atoms with Crippen LogP contribution in [0.3, 0.4) is 0 Å². The predicted molar refractivity (Wildman–Crippen MR) is 119 cm³/mol. The smallest absolute Gasteiger partial charge is 0.258 e. The minimum atomic E-state index is 0. The van der Waals surface area contributed by atoms with Gasteiger partial charge in [0.05, 0.1) is 16.9 Å². The third-order valence-corrected chi connectivity index (χ3v) is 3.86. The van der Waals surface area contributed by atoms with Gasteiger partial charge in [0, 0.05) is 15.6 Å². The molecule has 0 aliphatic carbocycles. The minimum Gasteiger partial charge on any atom is -0.397 e. The molecule has 0 saturated carbocycles. The van der Waals surface area contributed by atoms with E-state index in [2.05, 4.69) is 52.2 Å². The van der Waals surface area contributed by atoms with Crippen LogP contribution in [0.15, 0.2) is 51.5 Å². The average molecular weight is 447 g/mol. The second-order valence-electron chi connectivity index (χ2n) is 6.96.